The number of aliphatic hydroxyl groups excluding tert-OH is 1. The Bertz CT molecular complexity index is 263. The van der Waals surface area contributed by atoms with Crippen molar-refractivity contribution in [2.24, 2.45) is 11.8 Å². The molecule has 0 saturated carbocycles. The Balaban J connectivity index is 2.33. The average molecular weight is 244 g/mol. The minimum Gasteiger partial charge on any atom is -0.444 e. The van der Waals surface area contributed by atoms with E-state index in [2.05, 4.69) is 10.2 Å². The molecule has 0 aromatic rings. The van der Waals surface area contributed by atoms with Crippen molar-refractivity contribution in [1.29, 1.82) is 0 Å². The molecule has 1 amide bonds. The summed E-state index contributed by atoms with van der Waals surface area (Å²) in [5.41, 5.74) is -0.465. The predicted octanol–water partition coefficient (Wildman–Crippen LogP) is 0.681. The van der Waals surface area contributed by atoms with Gasteiger partial charge in [-0.05, 0) is 33.7 Å². The van der Waals surface area contributed by atoms with Gasteiger partial charge in [-0.1, -0.05) is 0 Å². The van der Waals surface area contributed by atoms with Crippen molar-refractivity contribution in [3.8, 4) is 0 Å². The fourth-order valence-corrected chi connectivity index (χ4v) is 2.14. The van der Waals surface area contributed by atoms with E-state index in [9.17, 15) is 9.90 Å². The molecular weight excluding hydrogens is 220 g/mol. The molecule has 0 spiro atoms. The van der Waals surface area contributed by atoms with E-state index < -0.39 is 5.60 Å². The first-order chi connectivity index (χ1) is 7.81. The summed E-state index contributed by atoms with van der Waals surface area (Å²) in [7, 11) is 2.02. The van der Waals surface area contributed by atoms with Crippen LogP contribution >= 0.6 is 0 Å². The van der Waals surface area contributed by atoms with Crippen LogP contribution in [0.3, 0.4) is 0 Å². The molecule has 0 radical (unpaired) electrons. The van der Waals surface area contributed by atoms with Crippen molar-refractivity contribution >= 4 is 6.09 Å². The quantitative estimate of drug-likeness (QED) is 0.766. The molecule has 1 rings (SSSR count). The fraction of sp³-hybridized carbons (Fsp3) is 0.917. The number of carbonyl (C=O) groups is 1. The van der Waals surface area contributed by atoms with Crippen molar-refractivity contribution in [2.45, 2.75) is 26.4 Å². The first-order valence-corrected chi connectivity index (χ1v) is 6.08. The van der Waals surface area contributed by atoms with Gasteiger partial charge in [0, 0.05) is 32.2 Å². The van der Waals surface area contributed by atoms with Gasteiger partial charge in [-0.3, -0.25) is 0 Å². The van der Waals surface area contributed by atoms with Gasteiger partial charge in [0.25, 0.3) is 0 Å². The van der Waals surface area contributed by atoms with E-state index in [0.717, 1.165) is 13.1 Å². The van der Waals surface area contributed by atoms with Gasteiger partial charge in [-0.2, -0.15) is 0 Å². The molecule has 1 fully saturated rings. The number of alkyl carbamates (subject to hydrolysis) is 1. The van der Waals surface area contributed by atoms with E-state index in [4.69, 9.17) is 4.74 Å². The molecule has 1 saturated heterocycles. The summed E-state index contributed by atoms with van der Waals surface area (Å²) in [6, 6.07) is 0. The molecule has 0 bridgehead atoms. The molecular formula is C12H24N2O3. The molecule has 2 N–H and O–H groups in total. The second kappa shape index (κ2) is 5.69. The summed E-state index contributed by atoms with van der Waals surface area (Å²) < 4.78 is 5.17. The van der Waals surface area contributed by atoms with E-state index in [-0.39, 0.29) is 18.6 Å². The molecule has 0 aromatic carbocycles. The van der Waals surface area contributed by atoms with E-state index in [1.165, 1.54) is 0 Å². The topological polar surface area (TPSA) is 61.8 Å². The second-order valence-corrected chi connectivity index (χ2v) is 5.81. The number of ether oxygens (including phenoxy) is 1. The summed E-state index contributed by atoms with van der Waals surface area (Å²) in [5, 5.41) is 12.0. The molecule has 0 aliphatic carbocycles. The summed E-state index contributed by atoms with van der Waals surface area (Å²) in [6.07, 6.45) is -0.385. The smallest absolute Gasteiger partial charge is 0.407 e. The van der Waals surface area contributed by atoms with Crippen LogP contribution in [0.15, 0.2) is 0 Å². The van der Waals surface area contributed by atoms with Gasteiger partial charge in [0.1, 0.15) is 5.60 Å². The molecule has 100 valence electrons. The van der Waals surface area contributed by atoms with Crippen molar-refractivity contribution in [1.82, 2.24) is 10.2 Å². The summed E-state index contributed by atoms with van der Waals surface area (Å²) in [4.78, 5) is 13.7. The first-order valence-electron chi connectivity index (χ1n) is 6.08. The highest BCUT2D eigenvalue weighted by molar-refractivity contribution is 5.67. The summed E-state index contributed by atoms with van der Waals surface area (Å²) in [5.74, 6) is 0.549. The maximum absolute atomic E-state index is 11.5. The van der Waals surface area contributed by atoms with Crippen LogP contribution in [-0.4, -0.2) is 55.0 Å². The third-order valence-corrected chi connectivity index (χ3v) is 2.90. The summed E-state index contributed by atoms with van der Waals surface area (Å²) in [6.45, 7) is 8.04. The number of likely N-dealkylation sites (tertiary alicyclic amines) is 1. The van der Waals surface area contributed by atoms with Crippen LogP contribution in [0.2, 0.25) is 0 Å². The molecule has 0 aromatic heterocycles. The van der Waals surface area contributed by atoms with Gasteiger partial charge in [0.05, 0.1) is 0 Å². The Morgan fingerprint density at radius 1 is 1.41 bits per heavy atom. The van der Waals surface area contributed by atoms with Gasteiger partial charge in [-0.25, -0.2) is 4.79 Å². The minimum absolute atomic E-state index is 0.172. The Morgan fingerprint density at radius 2 is 2.00 bits per heavy atom. The van der Waals surface area contributed by atoms with Gasteiger partial charge < -0.3 is 20.1 Å². The van der Waals surface area contributed by atoms with Crippen molar-refractivity contribution in [3.05, 3.63) is 0 Å². The van der Waals surface area contributed by atoms with E-state index >= 15 is 0 Å². The third kappa shape index (κ3) is 4.91. The average Bonchev–Trinajstić information content (AvgIpc) is 2.53. The molecule has 1 aliphatic heterocycles. The minimum atomic E-state index is -0.465. The first kappa shape index (κ1) is 14.3. The van der Waals surface area contributed by atoms with Crippen molar-refractivity contribution < 1.29 is 14.6 Å². The van der Waals surface area contributed by atoms with Gasteiger partial charge in [-0.15, -0.1) is 0 Å². The lowest BCUT2D eigenvalue weighted by Crippen LogP contribution is -2.37. The van der Waals surface area contributed by atoms with Gasteiger partial charge >= 0.3 is 6.09 Å². The number of nitrogens with one attached hydrogen (secondary N) is 1. The molecule has 5 nitrogen and oxygen atoms in total. The SMILES string of the molecule is CN1CC(CO)C(CNC(=O)OC(C)(C)C)C1. The number of aliphatic hydroxyl groups is 1. The number of amides is 1. The van der Waals surface area contributed by atoms with E-state index in [0.29, 0.717) is 12.5 Å². The predicted molar refractivity (Wildman–Crippen MR) is 65.8 cm³/mol. The maximum atomic E-state index is 11.5. The normalized spacial score (nSPS) is 25.9. The Morgan fingerprint density at radius 3 is 2.53 bits per heavy atom. The lowest BCUT2D eigenvalue weighted by Gasteiger charge is -2.21. The van der Waals surface area contributed by atoms with Gasteiger partial charge in [0.15, 0.2) is 0 Å². The molecule has 1 aliphatic rings. The number of hydrogen-bond donors (Lipinski definition) is 2. The molecule has 17 heavy (non-hydrogen) atoms. The Kier molecular flexibility index (Phi) is 4.77. The number of rotatable bonds is 3. The number of nitrogens with zero attached hydrogens (tertiary/aromatic N) is 1. The van der Waals surface area contributed by atoms with E-state index in [1.807, 2.05) is 27.8 Å². The third-order valence-electron chi connectivity index (χ3n) is 2.90. The zero-order valence-electron chi connectivity index (χ0n) is 11.2. The second-order valence-electron chi connectivity index (χ2n) is 5.81. The maximum Gasteiger partial charge on any atom is 0.407 e. The molecule has 2 unspecified atom stereocenters. The summed E-state index contributed by atoms with van der Waals surface area (Å²) >= 11 is 0. The number of carbonyl (C=O) groups excluding carboxylic acids is 1. The standard InChI is InChI=1S/C12H24N2O3/c1-12(2,3)17-11(16)13-5-9-6-14(4)7-10(9)8-15/h9-10,15H,5-8H2,1-4H3,(H,13,16). The zero-order valence-corrected chi connectivity index (χ0v) is 11.2. The fourth-order valence-electron chi connectivity index (χ4n) is 2.14. The van der Waals surface area contributed by atoms with Crippen LogP contribution in [0.5, 0.6) is 0 Å². The molecule has 5 heteroatoms. The molecule has 2 atom stereocenters. The largest absolute Gasteiger partial charge is 0.444 e. The lowest BCUT2D eigenvalue weighted by molar-refractivity contribution is 0.0513. The van der Waals surface area contributed by atoms with Crippen LogP contribution in [0.4, 0.5) is 4.79 Å². The van der Waals surface area contributed by atoms with Crippen LogP contribution in [0, 0.1) is 11.8 Å². The highest BCUT2D eigenvalue weighted by Gasteiger charge is 2.30. The zero-order chi connectivity index (χ0) is 13.1. The highest BCUT2D eigenvalue weighted by atomic mass is 16.6. The van der Waals surface area contributed by atoms with Crippen LogP contribution in [0.1, 0.15) is 20.8 Å². The monoisotopic (exact) mass is 244 g/mol. The Hall–Kier alpha value is -0.810. The lowest BCUT2D eigenvalue weighted by atomic mass is 9.97. The van der Waals surface area contributed by atoms with Crippen LogP contribution in [-0.2, 0) is 4.74 Å². The van der Waals surface area contributed by atoms with Crippen molar-refractivity contribution in [2.75, 3.05) is 33.3 Å². The van der Waals surface area contributed by atoms with Crippen molar-refractivity contribution in [3.63, 3.8) is 0 Å². The van der Waals surface area contributed by atoms with Crippen LogP contribution in [0.25, 0.3) is 0 Å². The highest BCUT2D eigenvalue weighted by Crippen LogP contribution is 2.21. The van der Waals surface area contributed by atoms with Crippen LogP contribution < -0.4 is 5.32 Å². The number of hydrogen-bond acceptors (Lipinski definition) is 4. The van der Waals surface area contributed by atoms with Gasteiger partial charge in [0.2, 0.25) is 0 Å². The Labute approximate surface area is 103 Å². The van der Waals surface area contributed by atoms with E-state index in [1.54, 1.807) is 0 Å². The molecule has 1 heterocycles.